The zero-order chi connectivity index (χ0) is 9.97. The van der Waals surface area contributed by atoms with E-state index in [1.54, 1.807) is 0 Å². The molecule has 2 rings (SSSR count). The first-order valence-electron chi connectivity index (χ1n) is 5.04. The van der Waals surface area contributed by atoms with Crippen molar-refractivity contribution in [3.8, 4) is 0 Å². The van der Waals surface area contributed by atoms with Crippen molar-refractivity contribution in [3.05, 3.63) is 35.9 Å². The van der Waals surface area contributed by atoms with Gasteiger partial charge in [-0.05, 0) is 30.2 Å². The lowest BCUT2D eigenvalue weighted by Gasteiger charge is -2.36. The molecule has 0 bridgehead atoms. The molecular formula is C12H14O2. The number of carbonyl (C=O) groups is 1. The van der Waals surface area contributed by atoms with Gasteiger partial charge in [-0.3, -0.25) is 4.79 Å². The van der Waals surface area contributed by atoms with Crippen molar-refractivity contribution in [3.63, 3.8) is 0 Å². The molecule has 1 aliphatic rings. The monoisotopic (exact) mass is 190 g/mol. The average molecular weight is 190 g/mol. The third-order valence-corrected chi connectivity index (χ3v) is 3.08. The molecule has 0 aliphatic heterocycles. The molecule has 2 unspecified atom stereocenters. The molecule has 2 nitrogen and oxygen atoms in total. The van der Waals surface area contributed by atoms with Crippen LogP contribution in [0.3, 0.4) is 0 Å². The summed E-state index contributed by atoms with van der Waals surface area (Å²) in [6, 6.07) is 10.2. The van der Waals surface area contributed by atoms with Crippen molar-refractivity contribution in [2.75, 3.05) is 0 Å². The molecule has 1 aliphatic carbocycles. The molecule has 2 atom stereocenters. The molecule has 74 valence electrons. The van der Waals surface area contributed by atoms with E-state index >= 15 is 0 Å². The van der Waals surface area contributed by atoms with Crippen molar-refractivity contribution in [1.82, 2.24) is 0 Å². The van der Waals surface area contributed by atoms with E-state index in [0.717, 1.165) is 12.8 Å². The predicted molar refractivity (Wildman–Crippen MR) is 54.2 cm³/mol. The van der Waals surface area contributed by atoms with Crippen LogP contribution in [0.25, 0.3) is 0 Å². The van der Waals surface area contributed by atoms with Crippen LogP contribution in [0.15, 0.2) is 30.3 Å². The molecule has 0 saturated heterocycles. The highest BCUT2D eigenvalue weighted by molar-refractivity contribution is 5.67. The van der Waals surface area contributed by atoms with E-state index in [0.29, 0.717) is 18.3 Å². The third-order valence-electron chi connectivity index (χ3n) is 3.08. The first-order chi connectivity index (χ1) is 6.77. The molecule has 0 radical (unpaired) electrons. The largest absolute Gasteiger partial charge is 0.481 e. The fraction of sp³-hybridized carbons (Fsp3) is 0.417. The third kappa shape index (κ3) is 1.79. The van der Waals surface area contributed by atoms with Gasteiger partial charge in [0.25, 0.3) is 0 Å². The van der Waals surface area contributed by atoms with Crippen LogP contribution in [0, 0.1) is 5.92 Å². The highest BCUT2D eigenvalue weighted by Gasteiger charge is 2.33. The summed E-state index contributed by atoms with van der Waals surface area (Å²) in [5.74, 6) is 0.165. The van der Waals surface area contributed by atoms with Crippen LogP contribution < -0.4 is 0 Å². The van der Waals surface area contributed by atoms with Crippen molar-refractivity contribution < 1.29 is 9.90 Å². The second-order valence-corrected chi connectivity index (χ2v) is 3.95. The summed E-state index contributed by atoms with van der Waals surface area (Å²) in [6.07, 6.45) is 2.52. The van der Waals surface area contributed by atoms with Crippen LogP contribution >= 0.6 is 0 Å². The minimum atomic E-state index is -0.671. The molecule has 1 saturated carbocycles. The topological polar surface area (TPSA) is 37.3 Å². The van der Waals surface area contributed by atoms with Gasteiger partial charge in [0, 0.05) is 6.42 Å². The second-order valence-electron chi connectivity index (χ2n) is 3.95. The van der Waals surface area contributed by atoms with E-state index in [4.69, 9.17) is 5.11 Å². The predicted octanol–water partition coefficient (Wildman–Crippen LogP) is 2.65. The lowest BCUT2D eigenvalue weighted by atomic mass is 9.68. The van der Waals surface area contributed by atoms with E-state index in [1.165, 1.54) is 5.56 Å². The van der Waals surface area contributed by atoms with Crippen LogP contribution in [0.1, 0.15) is 30.7 Å². The maximum atomic E-state index is 10.6. The standard InChI is InChI=1S/C12H14O2/c13-12(14)8-10-6-7-11(10)9-4-2-1-3-5-9/h1-5,10-11H,6-8H2,(H,13,14). The fourth-order valence-electron chi connectivity index (χ4n) is 2.18. The summed E-state index contributed by atoms with van der Waals surface area (Å²) in [4.78, 5) is 10.6. The lowest BCUT2D eigenvalue weighted by Crippen LogP contribution is -2.26. The fourth-order valence-corrected chi connectivity index (χ4v) is 2.18. The Morgan fingerprint density at radius 3 is 2.50 bits per heavy atom. The summed E-state index contributed by atoms with van der Waals surface area (Å²) in [7, 11) is 0. The molecule has 0 aromatic heterocycles. The SMILES string of the molecule is O=C(O)CC1CCC1c1ccccc1. The van der Waals surface area contributed by atoms with Crippen LogP contribution in [0.5, 0.6) is 0 Å². The quantitative estimate of drug-likeness (QED) is 0.795. The number of carboxylic acids is 1. The number of rotatable bonds is 3. The van der Waals surface area contributed by atoms with Crippen molar-refractivity contribution >= 4 is 5.97 Å². The van der Waals surface area contributed by atoms with Crippen LogP contribution in [0.2, 0.25) is 0 Å². The lowest BCUT2D eigenvalue weighted by molar-refractivity contribution is -0.139. The summed E-state index contributed by atoms with van der Waals surface area (Å²) in [6.45, 7) is 0. The van der Waals surface area contributed by atoms with E-state index in [-0.39, 0.29) is 0 Å². The normalized spacial score (nSPS) is 25.4. The maximum absolute atomic E-state index is 10.6. The maximum Gasteiger partial charge on any atom is 0.303 e. The van der Waals surface area contributed by atoms with Gasteiger partial charge in [-0.1, -0.05) is 30.3 Å². The number of aliphatic carboxylic acids is 1. The minimum absolute atomic E-state index is 0.319. The van der Waals surface area contributed by atoms with Crippen molar-refractivity contribution in [2.45, 2.75) is 25.2 Å². The molecule has 0 spiro atoms. The minimum Gasteiger partial charge on any atom is -0.481 e. The van der Waals surface area contributed by atoms with E-state index in [1.807, 2.05) is 18.2 Å². The molecular weight excluding hydrogens is 176 g/mol. The van der Waals surface area contributed by atoms with Crippen molar-refractivity contribution in [1.29, 1.82) is 0 Å². The van der Waals surface area contributed by atoms with Crippen LogP contribution in [0.4, 0.5) is 0 Å². The zero-order valence-corrected chi connectivity index (χ0v) is 8.02. The Balaban J connectivity index is 2.03. The van der Waals surface area contributed by atoms with Gasteiger partial charge >= 0.3 is 5.97 Å². The molecule has 0 amide bonds. The van der Waals surface area contributed by atoms with Gasteiger partial charge in [0.1, 0.15) is 0 Å². The van der Waals surface area contributed by atoms with E-state index < -0.39 is 5.97 Å². The molecule has 1 aromatic rings. The van der Waals surface area contributed by atoms with Gasteiger partial charge in [-0.25, -0.2) is 0 Å². The number of carboxylic acid groups (broad SMARTS) is 1. The molecule has 1 fully saturated rings. The van der Waals surface area contributed by atoms with E-state index in [9.17, 15) is 4.79 Å². The highest BCUT2D eigenvalue weighted by Crippen LogP contribution is 2.44. The number of benzene rings is 1. The first-order valence-corrected chi connectivity index (χ1v) is 5.04. The zero-order valence-electron chi connectivity index (χ0n) is 8.02. The van der Waals surface area contributed by atoms with Crippen LogP contribution in [-0.4, -0.2) is 11.1 Å². The molecule has 2 heteroatoms. The van der Waals surface area contributed by atoms with Gasteiger partial charge in [-0.2, -0.15) is 0 Å². The molecule has 14 heavy (non-hydrogen) atoms. The molecule has 1 N–H and O–H groups in total. The second kappa shape index (κ2) is 3.82. The Bertz CT molecular complexity index is 318. The number of hydrogen-bond donors (Lipinski definition) is 1. The molecule has 0 heterocycles. The van der Waals surface area contributed by atoms with Crippen molar-refractivity contribution in [2.24, 2.45) is 5.92 Å². The summed E-state index contributed by atoms with van der Waals surface area (Å²) >= 11 is 0. The van der Waals surface area contributed by atoms with Gasteiger partial charge in [0.2, 0.25) is 0 Å². The summed E-state index contributed by atoms with van der Waals surface area (Å²) in [5, 5.41) is 8.71. The van der Waals surface area contributed by atoms with Gasteiger partial charge < -0.3 is 5.11 Å². The Morgan fingerprint density at radius 1 is 1.29 bits per heavy atom. The van der Waals surface area contributed by atoms with E-state index in [2.05, 4.69) is 12.1 Å². The Kier molecular flexibility index (Phi) is 2.53. The van der Waals surface area contributed by atoms with Gasteiger partial charge in [0.05, 0.1) is 0 Å². The average Bonchev–Trinajstić information content (AvgIpc) is 2.14. The molecule has 1 aromatic carbocycles. The van der Waals surface area contributed by atoms with Gasteiger partial charge in [-0.15, -0.1) is 0 Å². The highest BCUT2D eigenvalue weighted by atomic mass is 16.4. The first kappa shape index (κ1) is 9.25. The van der Waals surface area contributed by atoms with Crippen LogP contribution in [-0.2, 0) is 4.79 Å². The number of hydrogen-bond acceptors (Lipinski definition) is 1. The Morgan fingerprint density at radius 2 is 2.00 bits per heavy atom. The summed E-state index contributed by atoms with van der Waals surface area (Å²) in [5.41, 5.74) is 1.30. The smallest absolute Gasteiger partial charge is 0.303 e. The Labute approximate surface area is 83.6 Å². The van der Waals surface area contributed by atoms with Gasteiger partial charge in [0.15, 0.2) is 0 Å². The summed E-state index contributed by atoms with van der Waals surface area (Å²) < 4.78 is 0. The Hall–Kier alpha value is -1.31.